The third kappa shape index (κ3) is 2.00. The number of rotatable bonds is 3. The molecule has 4 N–H and O–H groups in total. The fourth-order valence-corrected chi connectivity index (χ4v) is 1.94. The van der Waals surface area contributed by atoms with E-state index in [0.717, 1.165) is 6.54 Å². The Kier molecular flexibility index (Phi) is 2.70. The Hall–Kier alpha value is -1.39. The molecule has 0 amide bonds. The lowest BCUT2D eigenvalue weighted by Gasteiger charge is -2.14. The summed E-state index contributed by atoms with van der Waals surface area (Å²) in [6, 6.07) is 7.30. The van der Waals surface area contributed by atoms with Gasteiger partial charge in [0.15, 0.2) is 0 Å². The highest BCUT2D eigenvalue weighted by Gasteiger charge is 2.25. The van der Waals surface area contributed by atoms with E-state index < -0.39 is 12.0 Å². The van der Waals surface area contributed by atoms with Gasteiger partial charge in [-0.2, -0.15) is 0 Å². The van der Waals surface area contributed by atoms with Gasteiger partial charge in [0, 0.05) is 12.6 Å². The van der Waals surface area contributed by atoms with Crippen molar-refractivity contribution in [2.24, 2.45) is 5.73 Å². The molecular formula is C11H14N2O2. The van der Waals surface area contributed by atoms with E-state index in [1.54, 1.807) is 0 Å². The quantitative estimate of drug-likeness (QED) is 0.678. The van der Waals surface area contributed by atoms with E-state index in [4.69, 9.17) is 10.8 Å². The summed E-state index contributed by atoms with van der Waals surface area (Å²) in [7, 11) is 0. The van der Waals surface area contributed by atoms with E-state index in [-0.39, 0.29) is 6.04 Å². The third-order valence-electron chi connectivity index (χ3n) is 2.78. The van der Waals surface area contributed by atoms with E-state index in [1.807, 2.05) is 18.2 Å². The number of aliphatic carboxylic acids is 1. The summed E-state index contributed by atoms with van der Waals surface area (Å²) in [5, 5.41) is 12.0. The molecule has 1 heterocycles. The number of benzene rings is 1. The molecule has 15 heavy (non-hydrogen) atoms. The Bertz CT molecular complexity index is 379. The van der Waals surface area contributed by atoms with Crippen LogP contribution < -0.4 is 11.1 Å². The van der Waals surface area contributed by atoms with E-state index in [0.29, 0.717) is 6.42 Å². The van der Waals surface area contributed by atoms with Crippen LogP contribution in [0.1, 0.15) is 23.6 Å². The van der Waals surface area contributed by atoms with Crippen molar-refractivity contribution in [1.29, 1.82) is 0 Å². The lowest BCUT2D eigenvalue weighted by Crippen LogP contribution is -2.33. The van der Waals surface area contributed by atoms with Gasteiger partial charge in [0.1, 0.15) is 6.04 Å². The van der Waals surface area contributed by atoms with Gasteiger partial charge in [0.2, 0.25) is 0 Å². The first-order chi connectivity index (χ1) is 7.18. The summed E-state index contributed by atoms with van der Waals surface area (Å²) in [5.74, 6) is -0.943. The fourth-order valence-electron chi connectivity index (χ4n) is 1.94. The summed E-state index contributed by atoms with van der Waals surface area (Å²) in [6.45, 7) is 0.799. The van der Waals surface area contributed by atoms with Crippen molar-refractivity contribution < 1.29 is 9.90 Å². The predicted molar refractivity (Wildman–Crippen MR) is 56.3 cm³/mol. The molecule has 1 aromatic rings. The lowest BCUT2D eigenvalue weighted by atomic mass is 9.99. The molecule has 4 nitrogen and oxygen atoms in total. The molecule has 0 fully saturated rings. The average Bonchev–Trinajstić information content (AvgIpc) is 2.62. The standard InChI is InChI=1S/C11H14N2O2/c12-9(11(14)15)5-10-8-4-2-1-3-7(8)6-13-10/h1-4,9-10,13H,5-6,12H2,(H,14,15). The molecule has 0 spiro atoms. The maximum Gasteiger partial charge on any atom is 0.320 e. The summed E-state index contributed by atoms with van der Waals surface area (Å²) in [4.78, 5) is 10.6. The second-order valence-electron chi connectivity index (χ2n) is 3.81. The van der Waals surface area contributed by atoms with Crippen molar-refractivity contribution in [2.75, 3.05) is 0 Å². The number of fused-ring (bicyclic) bond motifs is 1. The van der Waals surface area contributed by atoms with Gasteiger partial charge in [-0.3, -0.25) is 4.79 Å². The van der Waals surface area contributed by atoms with Crippen LogP contribution in [0, 0.1) is 0 Å². The first-order valence-corrected chi connectivity index (χ1v) is 4.98. The minimum atomic E-state index is -0.943. The predicted octanol–water partition coefficient (Wildman–Crippen LogP) is 0.633. The highest BCUT2D eigenvalue weighted by atomic mass is 16.4. The van der Waals surface area contributed by atoms with E-state index in [9.17, 15) is 4.79 Å². The van der Waals surface area contributed by atoms with Crippen LogP contribution in [0.2, 0.25) is 0 Å². The molecular weight excluding hydrogens is 192 g/mol. The van der Waals surface area contributed by atoms with Crippen LogP contribution in [-0.4, -0.2) is 17.1 Å². The lowest BCUT2D eigenvalue weighted by molar-refractivity contribution is -0.138. The van der Waals surface area contributed by atoms with Crippen LogP contribution >= 0.6 is 0 Å². The molecule has 2 unspecified atom stereocenters. The van der Waals surface area contributed by atoms with Gasteiger partial charge in [-0.25, -0.2) is 0 Å². The first-order valence-electron chi connectivity index (χ1n) is 4.98. The van der Waals surface area contributed by atoms with Gasteiger partial charge in [0.05, 0.1) is 0 Å². The summed E-state index contributed by atoms with van der Waals surface area (Å²) in [6.07, 6.45) is 0.437. The number of carbonyl (C=O) groups is 1. The Balaban J connectivity index is 2.11. The van der Waals surface area contributed by atoms with Crippen molar-refractivity contribution in [3.63, 3.8) is 0 Å². The molecule has 1 aromatic carbocycles. The highest BCUT2D eigenvalue weighted by Crippen LogP contribution is 2.27. The number of nitrogens with one attached hydrogen (secondary N) is 1. The second-order valence-corrected chi connectivity index (χ2v) is 3.81. The van der Waals surface area contributed by atoms with E-state index >= 15 is 0 Å². The Morgan fingerprint density at radius 3 is 3.07 bits per heavy atom. The maximum absolute atomic E-state index is 10.6. The third-order valence-corrected chi connectivity index (χ3v) is 2.78. The summed E-state index contributed by atoms with van der Waals surface area (Å²) in [5.41, 5.74) is 7.93. The van der Waals surface area contributed by atoms with Crippen LogP contribution in [0.5, 0.6) is 0 Å². The molecule has 1 aliphatic rings. The zero-order valence-electron chi connectivity index (χ0n) is 8.31. The molecule has 0 aliphatic carbocycles. The molecule has 0 aromatic heterocycles. The molecule has 4 heteroatoms. The van der Waals surface area contributed by atoms with Gasteiger partial charge in [-0.1, -0.05) is 24.3 Å². The van der Waals surface area contributed by atoms with Crippen LogP contribution in [0.4, 0.5) is 0 Å². The van der Waals surface area contributed by atoms with Gasteiger partial charge in [-0.05, 0) is 17.5 Å². The molecule has 0 bridgehead atoms. The maximum atomic E-state index is 10.6. The van der Waals surface area contributed by atoms with Crippen LogP contribution in [0.15, 0.2) is 24.3 Å². The molecule has 0 saturated carbocycles. The Morgan fingerprint density at radius 1 is 1.60 bits per heavy atom. The van der Waals surface area contributed by atoms with Crippen LogP contribution in [-0.2, 0) is 11.3 Å². The summed E-state index contributed by atoms with van der Waals surface area (Å²) < 4.78 is 0. The zero-order valence-corrected chi connectivity index (χ0v) is 8.31. The molecule has 0 radical (unpaired) electrons. The van der Waals surface area contributed by atoms with Crippen molar-refractivity contribution >= 4 is 5.97 Å². The van der Waals surface area contributed by atoms with E-state index in [1.165, 1.54) is 11.1 Å². The van der Waals surface area contributed by atoms with E-state index in [2.05, 4.69) is 11.4 Å². The minimum Gasteiger partial charge on any atom is -0.480 e. The Morgan fingerprint density at radius 2 is 2.33 bits per heavy atom. The first kappa shape index (κ1) is 10.1. The summed E-state index contributed by atoms with van der Waals surface area (Å²) >= 11 is 0. The number of nitrogens with two attached hydrogens (primary N) is 1. The highest BCUT2D eigenvalue weighted by molar-refractivity contribution is 5.73. The van der Waals surface area contributed by atoms with Crippen molar-refractivity contribution in [2.45, 2.75) is 25.0 Å². The smallest absolute Gasteiger partial charge is 0.320 e. The Labute approximate surface area is 88.1 Å². The van der Waals surface area contributed by atoms with Crippen molar-refractivity contribution in [1.82, 2.24) is 5.32 Å². The average molecular weight is 206 g/mol. The monoisotopic (exact) mass is 206 g/mol. The molecule has 1 aliphatic heterocycles. The number of hydrogen-bond acceptors (Lipinski definition) is 3. The SMILES string of the molecule is NC(CC1NCc2ccccc21)C(=O)O. The largest absolute Gasteiger partial charge is 0.480 e. The normalized spacial score (nSPS) is 21.0. The molecule has 2 atom stereocenters. The number of hydrogen-bond donors (Lipinski definition) is 3. The van der Waals surface area contributed by atoms with Gasteiger partial charge in [-0.15, -0.1) is 0 Å². The number of carboxylic acid groups (broad SMARTS) is 1. The second kappa shape index (κ2) is 4.00. The van der Waals surface area contributed by atoms with Gasteiger partial charge in [0.25, 0.3) is 0 Å². The topological polar surface area (TPSA) is 75.3 Å². The van der Waals surface area contributed by atoms with Crippen molar-refractivity contribution in [3.8, 4) is 0 Å². The van der Waals surface area contributed by atoms with Crippen LogP contribution in [0.25, 0.3) is 0 Å². The number of carboxylic acids is 1. The molecule has 2 rings (SSSR count). The van der Waals surface area contributed by atoms with Gasteiger partial charge < -0.3 is 16.2 Å². The minimum absolute atomic E-state index is 0.0762. The zero-order chi connectivity index (χ0) is 10.8. The van der Waals surface area contributed by atoms with Crippen molar-refractivity contribution in [3.05, 3.63) is 35.4 Å². The fraction of sp³-hybridized carbons (Fsp3) is 0.364. The molecule has 80 valence electrons. The molecule has 0 saturated heterocycles. The van der Waals surface area contributed by atoms with Crippen LogP contribution in [0.3, 0.4) is 0 Å². The van der Waals surface area contributed by atoms with Gasteiger partial charge >= 0.3 is 5.97 Å².